The maximum atomic E-state index is 12.2. The highest BCUT2D eigenvalue weighted by Crippen LogP contribution is 2.31. The van der Waals surface area contributed by atoms with Gasteiger partial charge < -0.3 is 29.2 Å². The zero-order valence-electron chi connectivity index (χ0n) is 14.7. The molecule has 2 amide bonds. The monoisotopic (exact) mass is 350 g/mol. The van der Waals surface area contributed by atoms with Crippen LogP contribution in [-0.2, 0) is 9.47 Å². The van der Waals surface area contributed by atoms with Crippen molar-refractivity contribution in [1.29, 1.82) is 0 Å². The number of hydrogen-bond donors (Lipinski definition) is 1. The molecule has 3 rings (SSSR count). The number of hydrogen-bond acceptors (Lipinski definition) is 5. The van der Waals surface area contributed by atoms with Gasteiger partial charge in [-0.2, -0.15) is 0 Å². The molecule has 0 aromatic heterocycles. The SMILES string of the molecule is CCOc1cccc(OCCNC(=O)N2CCC3(CC2)OCCO3)c1. The number of ether oxygens (including phenoxy) is 4. The van der Waals surface area contributed by atoms with E-state index >= 15 is 0 Å². The summed E-state index contributed by atoms with van der Waals surface area (Å²) < 4.78 is 22.4. The first kappa shape index (κ1) is 17.8. The summed E-state index contributed by atoms with van der Waals surface area (Å²) in [6.07, 6.45) is 1.45. The minimum absolute atomic E-state index is 0.0699. The number of rotatable bonds is 6. The molecule has 7 heteroatoms. The quantitative estimate of drug-likeness (QED) is 0.795. The summed E-state index contributed by atoms with van der Waals surface area (Å²) in [6.45, 7) is 6.00. The fourth-order valence-corrected chi connectivity index (χ4v) is 3.10. The van der Waals surface area contributed by atoms with Crippen LogP contribution >= 0.6 is 0 Å². The van der Waals surface area contributed by atoms with Crippen LogP contribution in [-0.4, -0.2) is 62.8 Å². The van der Waals surface area contributed by atoms with Gasteiger partial charge in [0.1, 0.15) is 18.1 Å². The largest absolute Gasteiger partial charge is 0.494 e. The van der Waals surface area contributed by atoms with Crippen molar-refractivity contribution in [2.75, 3.05) is 46.1 Å². The topological polar surface area (TPSA) is 69.3 Å². The molecule has 1 aromatic carbocycles. The molecule has 2 aliphatic rings. The van der Waals surface area contributed by atoms with E-state index in [1.165, 1.54) is 0 Å². The van der Waals surface area contributed by atoms with E-state index in [1.54, 1.807) is 4.90 Å². The van der Waals surface area contributed by atoms with Crippen LogP contribution in [0.5, 0.6) is 11.5 Å². The Kier molecular flexibility index (Phi) is 5.99. The minimum Gasteiger partial charge on any atom is -0.494 e. The molecule has 0 unspecified atom stereocenters. The molecule has 0 radical (unpaired) electrons. The maximum Gasteiger partial charge on any atom is 0.317 e. The zero-order valence-corrected chi connectivity index (χ0v) is 14.7. The van der Waals surface area contributed by atoms with E-state index in [9.17, 15) is 4.79 Å². The summed E-state index contributed by atoms with van der Waals surface area (Å²) in [6, 6.07) is 7.42. The molecule has 2 saturated heterocycles. The summed E-state index contributed by atoms with van der Waals surface area (Å²) in [5, 5.41) is 2.89. The highest BCUT2D eigenvalue weighted by atomic mass is 16.7. The minimum atomic E-state index is -0.453. The van der Waals surface area contributed by atoms with Gasteiger partial charge in [0, 0.05) is 32.0 Å². The van der Waals surface area contributed by atoms with Crippen LogP contribution in [0.25, 0.3) is 0 Å². The second-order valence-corrected chi connectivity index (χ2v) is 6.08. The summed E-state index contributed by atoms with van der Waals surface area (Å²) in [4.78, 5) is 14.0. The number of piperidine rings is 1. The molecule has 2 heterocycles. The Morgan fingerprint density at radius 2 is 1.88 bits per heavy atom. The molecule has 1 spiro atoms. The van der Waals surface area contributed by atoms with Gasteiger partial charge in [-0.1, -0.05) is 6.07 Å². The van der Waals surface area contributed by atoms with Crippen LogP contribution in [0.15, 0.2) is 24.3 Å². The van der Waals surface area contributed by atoms with E-state index in [0.717, 1.165) is 24.3 Å². The summed E-state index contributed by atoms with van der Waals surface area (Å²) in [7, 11) is 0. The molecule has 25 heavy (non-hydrogen) atoms. The molecule has 2 aliphatic heterocycles. The van der Waals surface area contributed by atoms with Gasteiger partial charge in [-0.3, -0.25) is 0 Å². The van der Waals surface area contributed by atoms with E-state index in [0.29, 0.717) is 46.1 Å². The van der Waals surface area contributed by atoms with Crippen molar-refractivity contribution in [1.82, 2.24) is 10.2 Å². The van der Waals surface area contributed by atoms with Gasteiger partial charge in [-0.15, -0.1) is 0 Å². The van der Waals surface area contributed by atoms with Crippen molar-refractivity contribution < 1.29 is 23.7 Å². The molecule has 2 fully saturated rings. The lowest BCUT2D eigenvalue weighted by Gasteiger charge is -2.37. The lowest BCUT2D eigenvalue weighted by molar-refractivity contribution is -0.181. The van der Waals surface area contributed by atoms with Gasteiger partial charge >= 0.3 is 6.03 Å². The first-order chi connectivity index (χ1) is 12.2. The third-order valence-electron chi connectivity index (χ3n) is 4.39. The van der Waals surface area contributed by atoms with Crippen LogP contribution in [0.1, 0.15) is 19.8 Å². The van der Waals surface area contributed by atoms with Gasteiger partial charge in [0.05, 0.1) is 26.4 Å². The predicted octanol–water partition coefficient (Wildman–Crippen LogP) is 2.01. The highest BCUT2D eigenvalue weighted by molar-refractivity contribution is 5.74. The fraction of sp³-hybridized carbons (Fsp3) is 0.611. The number of carbonyl (C=O) groups excluding carboxylic acids is 1. The Bertz CT molecular complexity index is 564. The van der Waals surface area contributed by atoms with Crippen LogP contribution in [0, 0.1) is 0 Å². The number of benzene rings is 1. The van der Waals surface area contributed by atoms with E-state index in [1.807, 2.05) is 31.2 Å². The average Bonchev–Trinajstić information content (AvgIpc) is 3.08. The number of urea groups is 1. The molecular weight excluding hydrogens is 324 g/mol. The summed E-state index contributed by atoms with van der Waals surface area (Å²) in [5.41, 5.74) is 0. The van der Waals surface area contributed by atoms with Crippen molar-refractivity contribution in [3.05, 3.63) is 24.3 Å². The molecule has 0 aliphatic carbocycles. The molecule has 0 atom stereocenters. The van der Waals surface area contributed by atoms with Crippen LogP contribution in [0.2, 0.25) is 0 Å². The second kappa shape index (κ2) is 8.40. The third kappa shape index (κ3) is 4.76. The van der Waals surface area contributed by atoms with Gasteiger partial charge in [0.2, 0.25) is 0 Å². The number of amides is 2. The van der Waals surface area contributed by atoms with Crippen molar-refractivity contribution in [2.24, 2.45) is 0 Å². The number of carbonyl (C=O) groups is 1. The Balaban J connectivity index is 1.35. The maximum absolute atomic E-state index is 12.2. The summed E-state index contributed by atoms with van der Waals surface area (Å²) >= 11 is 0. The molecule has 138 valence electrons. The van der Waals surface area contributed by atoms with E-state index in [-0.39, 0.29) is 6.03 Å². The first-order valence-corrected chi connectivity index (χ1v) is 8.87. The van der Waals surface area contributed by atoms with Gasteiger partial charge in [-0.25, -0.2) is 4.79 Å². The van der Waals surface area contributed by atoms with Crippen molar-refractivity contribution in [3.8, 4) is 11.5 Å². The lowest BCUT2D eigenvalue weighted by atomic mass is 10.0. The predicted molar refractivity (Wildman–Crippen MR) is 91.9 cm³/mol. The van der Waals surface area contributed by atoms with Gasteiger partial charge in [0.25, 0.3) is 0 Å². The number of likely N-dealkylation sites (tertiary alicyclic amines) is 1. The standard InChI is InChI=1S/C18H26N2O5/c1-2-22-15-4-3-5-16(14-15)23-11-8-19-17(21)20-9-6-18(7-10-20)24-12-13-25-18/h3-5,14H,2,6-13H2,1H3,(H,19,21). The summed E-state index contributed by atoms with van der Waals surface area (Å²) in [5.74, 6) is 1.06. The Hall–Kier alpha value is -1.99. The molecule has 7 nitrogen and oxygen atoms in total. The van der Waals surface area contributed by atoms with Crippen LogP contribution < -0.4 is 14.8 Å². The Labute approximate surface area is 148 Å². The molecule has 1 aromatic rings. The highest BCUT2D eigenvalue weighted by Gasteiger charge is 2.40. The smallest absolute Gasteiger partial charge is 0.317 e. The first-order valence-electron chi connectivity index (χ1n) is 8.87. The Morgan fingerprint density at radius 1 is 1.20 bits per heavy atom. The number of nitrogens with zero attached hydrogens (tertiary/aromatic N) is 1. The number of nitrogens with one attached hydrogen (secondary N) is 1. The van der Waals surface area contributed by atoms with Crippen LogP contribution in [0.4, 0.5) is 4.79 Å². The molecule has 1 N–H and O–H groups in total. The molecule has 0 saturated carbocycles. The second-order valence-electron chi connectivity index (χ2n) is 6.08. The van der Waals surface area contributed by atoms with Crippen molar-refractivity contribution in [3.63, 3.8) is 0 Å². The van der Waals surface area contributed by atoms with E-state index in [4.69, 9.17) is 18.9 Å². The van der Waals surface area contributed by atoms with Crippen molar-refractivity contribution >= 4 is 6.03 Å². The van der Waals surface area contributed by atoms with Crippen LogP contribution in [0.3, 0.4) is 0 Å². The lowest BCUT2D eigenvalue weighted by Crippen LogP contribution is -2.50. The third-order valence-corrected chi connectivity index (χ3v) is 4.39. The average molecular weight is 350 g/mol. The zero-order chi connectivity index (χ0) is 17.5. The van der Waals surface area contributed by atoms with Crippen molar-refractivity contribution in [2.45, 2.75) is 25.6 Å². The van der Waals surface area contributed by atoms with E-state index in [2.05, 4.69) is 5.32 Å². The fourth-order valence-electron chi connectivity index (χ4n) is 3.10. The molecule has 0 bridgehead atoms. The molecular formula is C18H26N2O5. The van der Waals surface area contributed by atoms with Gasteiger partial charge in [0.15, 0.2) is 5.79 Å². The normalized spacial score (nSPS) is 19.0. The Morgan fingerprint density at radius 3 is 2.56 bits per heavy atom. The van der Waals surface area contributed by atoms with Gasteiger partial charge in [-0.05, 0) is 19.1 Å². The van der Waals surface area contributed by atoms with E-state index < -0.39 is 5.79 Å².